The zero-order valence-electron chi connectivity index (χ0n) is 20.5. The van der Waals surface area contributed by atoms with Crippen molar-refractivity contribution in [2.24, 2.45) is 0 Å². The van der Waals surface area contributed by atoms with Crippen molar-refractivity contribution in [3.05, 3.63) is 52.3 Å². The number of carbonyl (C=O) groups is 2. The summed E-state index contributed by atoms with van der Waals surface area (Å²) in [5.74, 6) is 0.0825. The highest BCUT2D eigenvalue weighted by Gasteiger charge is 2.32. The number of hydrogen-bond donors (Lipinski definition) is 2. The van der Waals surface area contributed by atoms with Gasteiger partial charge in [0.2, 0.25) is 15.9 Å². The number of carbonyl (C=O) groups excluding carboxylic acids is 2. The molecule has 2 amide bonds. The molecule has 0 unspecified atom stereocenters. The predicted octanol–water partition coefficient (Wildman–Crippen LogP) is 3.35. The summed E-state index contributed by atoms with van der Waals surface area (Å²) in [4.78, 5) is 32.0. The first-order valence-corrected chi connectivity index (χ1v) is 13.4. The van der Waals surface area contributed by atoms with Crippen molar-refractivity contribution in [2.75, 3.05) is 22.8 Å². The second-order valence-electron chi connectivity index (χ2n) is 9.12. The molecule has 2 aromatic heterocycles. The van der Waals surface area contributed by atoms with Crippen LogP contribution in [-0.2, 0) is 14.8 Å². The largest absolute Gasteiger partial charge is 0.330 e. The van der Waals surface area contributed by atoms with Gasteiger partial charge in [-0.25, -0.2) is 13.4 Å². The summed E-state index contributed by atoms with van der Waals surface area (Å²) in [6, 6.07) is 6.62. The highest BCUT2D eigenvalue weighted by molar-refractivity contribution is 7.92. The van der Waals surface area contributed by atoms with Crippen LogP contribution in [0.15, 0.2) is 24.3 Å². The lowest BCUT2D eigenvalue weighted by molar-refractivity contribution is -0.114. The second kappa shape index (κ2) is 9.29. The molecule has 35 heavy (non-hydrogen) atoms. The molecule has 10 nitrogen and oxygen atoms in total. The van der Waals surface area contributed by atoms with Crippen molar-refractivity contribution in [3.8, 4) is 0 Å². The summed E-state index contributed by atoms with van der Waals surface area (Å²) in [5, 5.41) is 7.60. The van der Waals surface area contributed by atoms with Crippen molar-refractivity contribution in [2.45, 2.75) is 53.0 Å². The van der Waals surface area contributed by atoms with Gasteiger partial charge in [0.25, 0.3) is 5.91 Å². The topological polar surface area (TPSA) is 126 Å². The Morgan fingerprint density at radius 1 is 1.11 bits per heavy atom. The number of anilines is 2. The number of sulfonamides is 1. The standard InChI is InChI=1S/C24H30N6O4S/c1-14-9-10-19(28-35(5,33)34)18(12-14)24(32)29-11-7-6-8-21(29)20-13-22-25-16(3)15(2)23(26-17(4)31)30(22)27-20/h9-10,12-13,21,28H,6-8,11H2,1-5H3,(H,26,31)/t21-/m0/s1. The lowest BCUT2D eigenvalue weighted by atomic mass is 9.97. The molecule has 2 N–H and O–H groups in total. The molecule has 1 aliphatic rings. The maximum Gasteiger partial charge on any atom is 0.256 e. The number of piperidine rings is 1. The zero-order chi connectivity index (χ0) is 25.5. The maximum absolute atomic E-state index is 13.8. The van der Waals surface area contributed by atoms with E-state index in [2.05, 4.69) is 15.0 Å². The molecular weight excluding hydrogens is 468 g/mol. The van der Waals surface area contributed by atoms with E-state index in [0.717, 1.165) is 35.9 Å². The van der Waals surface area contributed by atoms with E-state index in [0.29, 0.717) is 35.7 Å². The third-order valence-corrected chi connectivity index (χ3v) is 6.79. The number of aromatic nitrogens is 3. The molecule has 0 spiro atoms. The Kier molecular flexibility index (Phi) is 6.54. The highest BCUT2D eigenvalue weighted by atomic mass is 32.2. The van der Waals surface area contributed by atoms with E-state index in [-0.39, 0.29) is 23.5 Å². The summed E-state index contributed by atoms with van der Waals surface area (Å²) in [7, 11) is -3.56. The number of nitrogens with zero attached hydrogens (tertiary/aromatic N) is 4. The van der Waals surface area contributed by atoms with Gasteiger partial charge < -0.3 is 10.2 Å². The number of rotatable bonds is 5. The minimum atomic E-state index is -3.56. The molecule has 0 saturated carbocycles. The van der Waals surface area contributed by atoms with Gasteiger partial charge in [0, 0.05) is 30.8 Å². The minimum Gasteiger partial charge on any atom is -0.330 e. The number of amides is 2. The summed E-state index contributed by atoms with van der Waals surface area (Å²) >= 11 is 0. The zero-order valence-corrected chi connectivity index (χ0v) is 21.4. The van der Waals surface area contributed by atoms with Crippen molar-refractivity contribution in [3.63, 3.8) is 0 Å². The molecule has 0 bridgehead atoms. The smallest absolute Gasteiger partial charge is 0.256 e. The van der Waals surface area contributed by atoms with Crippen LogP contribution in [0, 0.1) is 20.8 Å². The highest BCUT2D eigenvalue weighted by Crippen LogP contribution is 2.34. The van der Waals surface area contributed by atoms with Gasteiger partial charge in [0.05, 0.1) is 29.2 Å². The molecular formula is C24H30N6O4S. The molecule has 3 aromatic rings. The molecule has 11 heteroatoms. The Hall–Kier alpha value is -3.47. The normalized spacial score (nSPS) is 16.4. The quantitative estimate of drug-likeness (QED) is 0.556. The van der Waals surface area contributed by atoms with E-state index in [9.17, 15) is 18.0 Å². The maximum atomic E-state index is 13.8. The first-order valence-electron chi connectivity index (χ1n) is 11.5. The monoisotopic (exact) mass is 498 g/mol. The fraction of sp³-hybridized carbons (Fsp3) is 0.417. The van der Waals surface area contributed by atoms with Crippen LogP contribution in [0.3, 0.4) is 0 Å². The minimum absolute atomic E-state index is 0.211. The Morgan fingerprint density at radius 3 is 2.54 bits per heavy atom. The summed E-state index contributed by atoms with van der Waals surface area (Å²) in [6.07, 6.45) is 3.54. The summed E-state index contributed by atoms with van der Waals surface area (Å²) < 4.78 is 27.9. The second-order valence-corrected chi connectivity index (χ2v) is 10.9. The van der Waals surface area contributed by atoms with Gasteiger partial charge >= 0.3 is 0 Å². The van der Waals surface area contributed by atoms with Crippen molar-refractivity contribution in [1.29, 1.82) is 0 Å². The van der Waals surface area contributed by atoms with Crippen LogP contribution in [0.25, 0.3) is 5.65 Å². The number of hydrogen-bond acceptors (Lipinski definition) is 6. The molecule has 1 fully saturated rings. The van der Waals surface area contributed by atoms with E-state index in [1.165, 1.54) is 6.92 Å². The molecule has 1 atom stereocenters. The number of benzene rings is 1. The summed E-state index contributed by atoms with van der Waals surface area (Å²) in [5.41, 5.74) is 4.25. The van der Waals surface area contributed by atoms with E-state index in [1.807, 2.05) is 26.8 Å². The Labute approximate surface area is 204 Å². The fourth-order valence-corrected chi connectivity index (χ4v) is 5.03. The first kappa shape index (κ1) is 24.6. The van der Waals surface area contributed by atoms with Crippen molar-refractivity contribution >= 4 is 39.0 Å². The molecule has 4 rings (SSSR count). The average molecular weight is 499 g/mol. The van der Waals surface area contributed by atoms with Gasteiger partial charge in [-0.2, -0.15) is 9.61 Å². The third kappa shape index (κ3) is 5.14. The number of nitrogens with one attached hydrogen (secondary N) is 2. The van der Waals surface area contributed by atoms with Gasteiger partial charge in [0.15, 0.2) is 5.65 Å². The van der Waals surface area contributed by atoms with Crippen molar-refractivity contribution < 1.29 is 18.0 Å². The van der Waals surface area contributed by atoms with Gasteiger partial charge in [-0.15, -0.1) is 0 Å². The molecule has 0 radical (unpaired) electrons. The molecule has 3 heterocycles. The van der Waals surface area contributed by atoms with E-state index in [4.69, 9.17) is 5.10 Å². The van der Waals surface area contributed by atoms with Crippen molar-refractivity contribution in [1.82, 2.24) is 19.5 Å². The van der Waals surface area contributed by atoms with Crippen LogP contribution in [-0.4, -0.2) is 52.5 Å². The molecule has 186 valence electrons. The third-order valence-electron chi connectivity index (χ3n) is 6.20. The number of aryl methyl sites for hydroxylation is 2. The molecule has 0 aliphatic carbocycles. The van der Waals surface area contributed by atoms with Gasteiger partial charge in [0.1, 0.15) is 5.82 Å². The van der Waals surface area contributed by atoms with E-state index < -0.39 is 10.0 Å². The first-order chi connectivity index (χ1) is 16.4. The number of fused-ring (bicyclic) bond motifs is 1. The molecule has 1 aliphatic heterocycles. The van der Waals surface area contributed by atoms with E-state index >= 15 is 0 Å². The van der Waals surface area contributed by atoms with Gasteiger partial charge in [-0.05, 0) is 52.2 Å². The van der Waals surface area contributed by atoms with Gasteiger partial charge in [-0.1, -0.05) is 11.6 Å². The average Bonchev–Trinajstić information content (AvgIpc) is 3.20. The van der Waals surface area contributed by atoms with Gasteiger partial charge in [-0.3, -0.25) is 14.3 Å². The Bertz CT molecular complexity index is 1430. The van der Waals surface area contributed by atoms with Crippen LogP contribution in [0.4, 0.5) is 11.5 Å². The fourth-order valence-electron chi connectivity index (χ4n) is 4.46. The predicted molar refractivity (Wildman–Crippen MR) is 134 cm³/mol. The van der Waals surface area contributed by atoms with E-state index in [1.54, 1.807) is 27.6 Å². The number of likely N-dealkylation sites (tertiary alicyclic amines) is 1. The Morgan fingerprint density at radius 2 is 1.86 bits per heavy atom. The lowest BCUT2D eigenvalue weighted by Gasteiger charge is -2.35. The van der Waals surface area contributed by atoms with Crippen LogP contribution >= 0.6 is 0 Å². The van der Waals surface area contributed by atoms with Crippen LogP contribution in [0.2, 0.25) is 0 Å². The SMILES string of the molecule is CC(=O)Nc1c(C)c(C)nc2cc([C@@H]3CCCCN3C(=O)c3cc(C)ccc3NS(C)(=O)=O)nn12. The lowest BCUT2D eigenvalue weighted by Crippen LogP contribution is -2.39. The van der Waals surface area contributed by atoms with Crippen LogP contribution in [0.5, 0.6) is 0 Å². The molecule has 1 aromatic carbocycles. The Balaban J connectivity index is 1.77. The van der Waals surface area contributed by atoms with Crippen LogP contribution in [0.1, 0.15) is 65.1 Å². The van der Waals surface area contributed by atoms with Crippen LogP contribution < -0.4 is 10.0 Å². The molecule has 1 saturated heterocycles. The summed E-state index contributed by atoms with van der Waals surface area (Å²) in [6.45, 7) is 7.57.